The van der Waals surface area contributed by atoms with Crippen molar-refractivity contribution in [3.63, 3.8) is 0 Å². The molecule has 0 fully saturated rings. The van der Waals surface area contributed by atoms with E-state index in [2.05, 4.69) is 84.8 Å². The lowest BCUT2D eigenvalue weighted by Gasteiger charge is -2.21. The van der Waals surface area contributed by atoms with Gasteiger partial charge in [-0.3, -0.25) is 4.79 Å². The van der Waals surface area contributed by atoms with E-state index in [1.54, 1.807) is 0 Å². The number of para-hydroxylation sites is 1. The number of nitrogens with one attached hydrogen (secondary N) is 1. The topological polar surface area (TPSA) is 47.4 Å². The van der Waals surface area contributed by atoms with E-state index in [0.717, 1.165) is 34.5 Å². The zero-order valence-corrected chi connectivity index (χ0v) is 30.3. The van der Waals surface area contributed by atoms with Crippen molar-refractivity contribution in [3.8, 4) is 5.75 Å². The second kappa shape index (κ2) is 19.5. The van der Waals surface area contributed by atoms with E-state index in [1.807, 2.05) is 36.5 Å². The zero-order chi connectivity index (χ0) is 31.9. The van der Waals surface area contributed by atoms with Gasteiger partial charge in [0.1, 0.15) is 18.5 Å². The summed E-state index contributed by atoms with van der Waals surface area (Å²) in [5, 5.41) is 3.19. The minimum Gasteiger partial charge on any atom is -1.00 e. The van der Waals surface area contributed by atoms with Crippen molar-refractivity contribution >= 4 is 17.1 Å². The number of unbranched alkanes of at least 4 members (excludes halogenated alkanes) is 11. The molecule has 0 bridgehead atoms. The number of benzene rings is 2. The van der Waals surface area contributed by atoms with Gasteiger partial charge in [0.25, 0.3) is 0 Å². The molecule has 0 atom stereocenters. The van der Waals surface area contributed by atoms with Crippen molar-refractivity contribution < 1.29 is 30.9 Å². The number of carbonyl (C=O) groups excluding carboxylic acids is 1. The number of hydrogen-bond donors (Lipinski definition) is 1. The first-order valence-electron chi connectivity index (χ1n) is 17.4. The van der Waals surface area contributed by atoms with Gasteiger partial charge in [-0.2, -0.15) is 0 Å². The molecule has 0 unspecified atom stereocenters. The van der Waals surface area contributed by atoms with E-state index in [-0.39, 0.29) is 34.7 Å². The maximum atomic E-state index is 13.4. The van der Waals surface area contributed by atoms with Crippen LogP contribution in [-0.4, -0.2) is 17.1 Å². The third kappa shape index (κ3) is 12.2. The molecule has 0 aliphatic carbocycles. The highest BCUT2D eigenvalue weighted by atomic mass is 79.9. The van der Waals surface area contributed by atoms with Gasteiger partial charge in [-0.25, -0.2) is 8.97 Å². The fourth-order valence-corrected chi connectivity index (χ4v) is 5.90. The van der Waals surface area contributed by atoms with Gasteiger partial charge in [-0.05, 0) is 41.7 Å². The number of pyridine rings is 1. The van der Waals surface area contributed by atoms with Crippen molar-refractivity contribution in [3.05, 3.63) is 96.1 Å². The van der Waals surface area contributed by atoms with Gasteiger partial charge in [0.2, 0.25) is 12.2 Å². The summed E-state index contributed by atoms with van der Waals surface area (Å²) >= 11 is 0. The number of amides is 1. The van der Waals surface area contributed by atoms with Crippen LogP contribution in [0.4, 0.5) is 5.69 Å². The Hall–Kier alpha value is -3.12. The number of hydrogen-bond acceptors (Lipinski definition) is 2. The molecule has 2 heterocycles. The van der Waals surface area contributed by atoms with E-state index in [1.165, 1.54) is 76.2 Å². The number of halogens is 1. The Labute approximate surface area is 288 Å². The molecule has 4 aromatic rings. The van der Waals surface area contributed by atoms with E-state index in [0.29, 0.717) is 13.2 Å². The molecule has 6 heteroatoms. The van der Waals surface area contributed by atoms with Crippen molar-refractivity contribution in [2.75, 3.05) is 11.9 Å². The third-order valence-electron chi connectivity index (χ3n) is 8.68. The van der Waals surface area contributed by atoms with Gasteiger partial charge >= 0.3 is 0 Å². The third-order valence-corrected chi connectivity index (χ3v) is 8.68. The van der Waals surface area contributed by atoms with Crippen molar-refractivity contribution in [1.29, 1.82) is 0 Å². The zero-order valence-electron chi connectivity index (χ0n) is 28.7. The Morgan fingerprint density at radius 3 is 2.13 bits per heavy atom. The second-order valence-corrected chi connectivity index (χ2v) is 13.6. The first kappa shape index (κ1) is 37.3. The fraction of sp³-hybridized carbons (Fsp3) is 0.500. The van der Waals surface area contributed by atoms with E-state index in [4.69, 9.17) is 4.74 Å². The molecular formula is C40H56BrN3O2. The van der Waals surface area contributed by atoms with Crippen LogP contribution < -0.4 is 31.4 Å². The molecule has 2 aromatic heterocycles. The molecule has 0 aliphatic rings. The predicted octanol–water partition coefficient (Wildman–Crippen LogP) is 6.84. The smallest absolute Gasteiger partial charge is 0.249 e. The molecule has 1 N–H and O–H groups in total. The average Bonchev–Trinajstić information content (AvgIpc) is 3.43. The summed E-state index contributed by atoms with van der Waals surface area (Å²) in [6.07, 6.45) is 22.4. The van der Waals surface area contributed by atoms with Gasteiger partial charge in [-0.15, -0.1) is 0 Å². The first-order chi connectivity index (χ1) is 21.8. The monoisotopic (exact) mass is 689 g/mol. The Kier molecular flexibility index (Phi) is 15.8. The quantitative estimate of drug-likeness (QED) is 0.0866. The molecule has 0 saturated heterocycles. The molecule has 46 heavy (non-hydrogen) atoms. The standard InChI is InChI=1S/C40H55N3O2.BrH/c1-5-6-7-8-9-10-11-12-13-14-15-20-27-45-38-29-35(40(2,3)4)25-24-33(38)28-39(44)41-37-23-17-16-21-34(37)30-42-31-36-22-18-19-26-43(36)32-42;/h16-19,21-26,29,31-32H,5-15,20,27-28,30H2,1-4H3;1H. The molecule has 0 aliphatic heterocycles. The second-order valence-electron chi connectivity index (χ2n) is 13.6. The van der Waals surface area contributed by atoms with Crippen molar-refractivity contribution in [1.82, 2.24) is 4.57 Å². The Morgan fingerprint density at radius 2 is 1.46 bits per heavy atom. The van der Waals surface area contributed by atoms with Gasteiger partial charge in [0, 0.05) is 16.8 Å². The number of imidazole rings is 1. The normalized spacial score (nSPS) is 11.4. The average molecular weight is 691 g/mol. The summed E-state index contributed by atoms with van der Waals surface area (Å²) < 4.78 is 10.6. The molecule has 2 aromatic carbocycles. The summed E-state index contributed by atoms with van der Waals surface area (Å²) in [5.41, 5.74) is 5.21. The summed E-state index contributed by atoms with van der Waals surface area (Å²) in [7, 11) is 0. The van der Waals surface area contributed by atoms with Crippen LogP contribution in [0, 0.1) is 0 Å². The highest BCUT2D eigenvalue weighted by molar-refractivity contribution is 5.93. The number of rotatable bonds is 19. The molecule has 4 rings (SSSR count). The molecule has 5 nitrogen and oxygen atoms in total. The van der Waals surface area contributed by atoms with Crippen molar-refractivity contribution in [2.24, 2.45) is 0 Å². The lowest BCUT2D eigenvalue weighted by atomic mass is 9.86. The van der Waals surface area contributed by atoms with Crippen LogP contribution in [0.3, 0.4) is 0 Å². The lowest BCUT2D eigenvalue weighted by molar-refractivity contribution is -0.512. The van der Waals surface area contributed by atoms with E-state index < -0.39 is 0 Å². The largest absolute Gasteiger partial charge is 1.00 e. The van der Waals surface area contributed by atoms with Gasteiger partial charge < -0.3 is 27.0 Å². The number of carbonyl (C=O) groups is 1. The summed E-state index contributed by atoms with van der Waals surface area (Å²) in [6.45, 7) is 10.3. The Morgan fingerprint density at radius 1 is 0.804 bits per heavy atom. The Bertz CT molecular complexity index is 1440. The molecule has 0 radical (unpaired) electrons. The van der Waals surface area contributed by atoms with Crippen LogP contribution in [0.15, 0.2) is 79.4 Å². The number of aromatic nitrogens is 2. The number of anilines is 1. The number of nitrogens with zero attached hydrogens (tertiary/aromatic N) is 2. The van der Waals surface area contributed by atoms with Gasteiger partial charge in [0.15, 0.2) is 5.52 Å². The predicted molar refractivity (Wildman–Crippen MR) is 187 cm³/mol. The van der Waals surface area contributed by atoms with E-state index >= 15 is 0 Å². The van der Waals surface area contributed by atoms with E-state index in [9.17, 15) is 4.79 Å². The molecule has 0 saturated carbocycles. The SMILES string of the molecule is CCCCCCCCCCCCCCOc1cc(C(C)(C)C)ccc1CC(=O)Nc1ccccc1Cn1cc2cccc[n+]2c1.[Br-]. The minimum atomic E-state index is -0.0341. The van der Waals surface area contributed by atoms with Gasteiger partial charge in [-0.1, -0.05) is 135 Å². The molecule has 0 spiro atoms. The summed E-state index contributed by atoms with van der Waals surface area (Å²) in [6, 6.07) is 20.6. The van der Waals surface area contributed by atoms with Crippen LogP contribution in [-0.2, 0) is 23.2 Å². The number of ether oxygens (including phenoxy) is 1. The highest BCUT2D eigenvalue weighted by Crippen LogP contribution is 2.30. The summed E-state index contributed by atoms with van der Waals surface area (Å²) in [4.78, 5) is 13.4. The van der Waals surface area contributed by atoms with Gasteiger partial charge in [0.05, 0.1) is 19.2 Å². The minimum absolute atomic E-state index is 0. The van der Waals surface area contributed by atoms with Crippen molar-refractivity contribution in [2.45, 2.75) is 123 Å². The molecule has 250 valence electrons. The van der Waals surface area contributed by atoms with Crippen LogP contribution in [0.25, 0.3) is 5.52 Å². The lowest BCUT2D eigenvalue weighted by Crippen LogP contribution is -3.00. The maximum absolute atomic E-state index is 13.4. The first-order valence-corrected chi connectivity index (χ1v) is 17.4. The Balaban J connectivity index is 0.00000576. The molecular weight excluding hydrogens is 634 g/mol. The van der Waals surface area contributed by atoms with Crippen LogP contribution in [0.2, 0.25) is 0 Å². The fourth-order valence-electron chi connectivity index (χ4n) is 5.90. The van der Waals surface area contributed by atoms with Crippen LogP contribution >= 0.6 is 0 Å². The van der Waals surface area contributed by atoms with Crippen LogP contribution in [0.1, 0.15) is 121 Å². The molecule has 1 amide bonds. The van der Waals surface area contributed by atoms with Crippen LogP contribution in [0.5, 0.6) is 5.75 Å². The summed E-state index contributed by atoms with van der Waals surface area (Å²) in [5.74, 6) is 0.804. The maximum Gasteiger partial charge on any atom is 0.249 e. The highest BCUT2D eigenvalue weighted by Gasteiger charge is 2.18. The number of fused-ring (bicyclic) bond motifs is 1.